The van der Waals surface area contributed by atoms with Crippen LogP contribution in [-0.2, 0) is 4.79 Å². The van der Waals surface area contributed by atoms with Crippen molar-refractivity contribution in [1.29, 1.82) is 0 Å². The zero-order valence-corrected chi connectivity index (χ0v) is 16.1. The molecule has 0 bridgehead atoms. The second-order valence-corrected chi connectivity index (χ2v) is 7.31. The summed E-state index contributed by atoms with van der Waals surface area (Å²) in [6, 6.07) is 0. The number of aliphatic carboxylic acids is 1. The van der Waals surface area contributed by atoms with Gasteiger partial charge in [0.25, 0.3) is 0 Å². The van der Waals surface area contributed by atoms with Crippen molar-refractivity contribution >= 4 is 5.97 Å². The van der Waals surface area contributed by atoms with Crippen molar-refractivity contribution in [2.75, 3.05) is 26.2 Å². The molecule has 0 fully saturated rings. The highest BCUT2D eigenvalue weighted by Gasteiger charge is 2.31. The number of quaternary nitrogens is 1. The zero-order chi connectivity index (χ0) is 18.4. The Hall–Kier alpha value is -0.870. The molecule has 0 aromatic heterocycles. The third-order valence-electron chi connectivity index (χ3n) is 4.83. The predicted molar refractivity (Wildman–Crippen MR) is 98.4 cm³/mol. The van der Waals surface area contributed by atoms with E-state index in [1.165, 1.54) is 0 Å². The SMILES string of the molecule is C=CCCCCC(O)C[N+](CCCC)(CCCC)CC(C)C(=O)[O-]. The third kappa shape index (κ3) is 10.1. The molecule has 1 N–H and O–H groups in total. The maximum Gasteiger partial charge on any atom is 0.105 e. The highest BCUT2D eigenvalue weighted by molar-refractivity contribution is 5.67. The van der Waals surface area contributed by atoms with Crippen LogP contribution in [0.2, 0.25) is 0 Å². The lowest BCUT2D eigenvalue weighted by molar-refractivity contribution is -0.933. The second-order valence-electron chi connectivity index (χ2n) is 7.31. The molecule has 2 atom stereocenters. The molecule has 4 nitrogen and oxygen atoms in total. The van der Waals surface area contributed by atoms with E-state index in [0.29, 0.717) is 17.6 Å². The Balaban J connectivity index is 4.93. The first kappa shape index (κ1) is 23.1. The quantitative estimate of drug-likeness (QED) is 0.267. The molecular formula is C20H39NO3. The Morgan fingerprint density at radius 1 is 1.12 bits per heavy atom. The number of carboxylic acids is 1. The maximum absolute atomic E-state index is 11.3. The highest BCUT2D eigenvalue weighted by atomic mass is 16.4. The summed E-state index contributed by atoms with van der Waals surface area (Å²) in [5.41, 5.74) is 0. The molecule has 4 heteroatoms. The van der Waals surface area contributed by atoms with Gasteiger partial charge in [-0.15, -0.1) is 6.58 Å². The first-order valence-electron chi connectivity index (χ1n) is 9.75. The molecule has 0 rings (SSSR count). The van der Waals surface area contributed by atoms with Crippen LogP contribution >= 0.6 is 0 Å². The largest absolute Gasteiger partial charge is 0.550 e. The molecule has 0 spiro atoms. The number of nitrogens with zero attached hydrogens (tertiary/aromatic N) is 1. The molecule has 0 saturated heterocycles. The fourth-order valence-electron chi connectivity index (χ4n) is 3.40. The van der Waals surface area contributed by atoms with Crippen molar-refractivity contribution in [2.24, 2.45) is 5.92 Å². The number of carbonyl (C=O) groups is 1. The summed E-state index contributed by atoms with van der Waals surface area (Å²) in [6.07, 6.45) is 9.66. The number of carbonyl (C=O) groups excluding carboxylic acids is 1. The van der Waals surface area contributed by atoms with Gasteiger partial charge in [-0.25, -0.2) is 0 Å². The molecule has 0 aliphatic carbocycles. The van der Waals surface area contributed by atoms with Crippen LogP contribution in [0.4, 0.5) is 0 Å². The van der Waals surface area contributed by atoms with E-state index in [1.807, 2.05) is 6.08 Å². The van der Waals surface area contributed by atoms with Gasteiger partial charge in [0.05, 0.1) is 19.6 Å². The van der Waals surface area contributed by atoms with Gasteiger partial charge < -0.3 is 19.5 Å². The molecule has 0 aliphatic rings. The van der Waals surface area contributed by atoms with E-state index in [0.717, 1.165) is 64.5 Å². The van der Waals surface area contributed by atoms with Crippen LogP contribution < -0.4 is 5.11 Å². The van der Waals surface area contributed by atoms with E-state index in [4.69, 9.17) is 0 Å². The summed E-state index contributed by atoms with van der Waals surface area (Å²) in [5.74, 6) is -1.46. The lowest BCUT2D eigenvalue weighted by atomic mass is 10.0. The van der Waals surface area contributed by atoms with Crippen molar-refractivity contribution < 1.29 is 19.5 Å². The Bertz CT molecular complexity index is 336. The number of allylic oxidation sites excluding steroid dienone is 1. The van der Waals surface area contributed by atoms with Gasteiger partial charge >= 0.3 is 0 Å². The van der Waals surface area contributed by atoms with Crippen LogP contribution in [-0.4, -0.2) is 47.8 Å². The van der Waals surface area contributed by atoms with Crippen molar-refractivity contribution in [1.82, 2.24) is 0 Å². The van der Waals surface area contributed by atoms with Gasteiger partial charge in [0.15, 0.2) is 0 Å². The Morgan fingerprint density at radius 2 is 1.71 bits per heavy atom. The second kappa shape index (κ2) is 13.4. The van der Waals surface area contributed by atoms with E-state index < -0.39 is 11.9 Å². The molecule has 0 heterocycles. The van der Waals surface area contributed by atoms with Crippen LogP contribution in [0.3, 0.4) is 0 Å². The summed E-state index contributed by atoms with van der Waals surface area (Å²) >= 11 is 0. The standard InChI is InChI=1S/C20H39NO3/c1-5-8-11-12-13-19(22)17-21(14-9-6-2,15-10-7-3)16-18(4)20(23)24/h5,18-19,22H,1,6-17H2,2-4H3. The number of aliphatic hydroxyl groups is 1. The molecule has 2 unspecified atom stereocenters. The van der Waals surface area contributed by atoms with E-state index in [9.17, 15) is 15.0 Å². The molecule has 24 heavy (non-hydrogen) atoms. The normalized spacial score (nSPS) is 14.3. The van der Waals surface area contributed by atoms with Gasteiger partial charge in [-0.2, -0.15) is 0 Å². The number of rotatable bonds is 16. The Kier molecular flexibility index (Phi) is 12.9. The fraction of sp³-hybridized carbons (Fsp3) is 0.850. The lowest BCUT2D eigenvalue weighted by Gasteiger charge is -2.42. The van der Waals surface area contributed by atoms with Crippen LogP contribution in [0.5, 0.6) is 0 Å². The summed E-state index contributed by atoms with van der Waals surface area (Å²) in [5, 5.41) is 21.8. The molecule has 0 saturated carbocycles. The number of hydrogen-bond donors (Lipinski definition) is 1. The molecule has 0 aromatic rings. The Morgan fingerprint density at radius 3 is 2.17 bits per heavy atom. The minimum Gasteiger partial charge on any atom is -0.550 e. The summed E-state index contributed by atoms with van der Waals surface area (Å²) in [6.45, 7) is 12.9. The number of unbranched alkanes of at least 4 members (excludes halogenated alkanes) is 4. The highest BCUT2D eigenvalue weighted by Crippen LogP contribution is 2.19. The van der Waals surface area contributed by atoms with Crippen molar-refractivity contribution in [3.05, 3.63) is 12.7 Å². The van der Waals surface area contributed by atoms with Crippen LogP contribution in [0, 0.1) is 5.92 Å². The minimum atomic E-state index is -0.981. The number of aliphatic hydroxyl groups excluding tert-OH is 1. The topological polar surface area (TPSA) is 60.4 Å². The van der Waals surface area contributed by atoms with E-state index >= 15 is 0 Å². The van der Waals surface area contributed by atoms with Gasteiger partial charge in [0.2, 0.25) is 0 Å². The summed E-state index contributed by atoms with van der Waals surface area (Å²) in [4.78, 5) is 11.3. The smallest absolute Gasteiger partial charge is 0.105 e. The molecule has 0 radical (unpaired) electrons. The predicted octanol–water partition coefficient (Wildman–Crippen LogP) is 2.90. The zero-order valence-electron chi connectivity index (χ0n) is 16.1. The van der Waals surface area contributed by atoms with Crippen molar-refractivity contribution in [3.8, 4) is 0 Å². The van der Waals surface area contributed by atoms with E-state index in [-0.39, 0.29) is 6.10 Å². The first-order valence-corrected chi connectivity index (χ1v) is 9.75. The first-order chi connectivity index (χ1) is 11.4. The van der Waals surface area contributed by atoms with Crippen molar-refractivity contribution in [3.63, 3.8) is 0 Å². The van der Waals surface area contributed by atoms with Gasteiger partial charge in [0, 0.05) is 11.9 Å². The van der Waals surface area contributed by atoms with Crippen molar-refractivity contribution in [2.45, 2.75) is 78.2 Å². The fourth-order valence-corrected chi connectivity index (χ4v) is 3.40. The third-order valence-corrected chi connectivity index (χ3v) is 4.83. The van der Waals surface area contributed by atoms with Crippen LogP contribution in [0.25, 0.3) is 0 Å². The molecular weight excluding hydrogens is 302 g/mol. The van der Waals surface area contributed by atoms with Gasteiger partial charge in [0.1, 0.15) is 12.6 Å². The average Bonchev–Trinajstić information content (AvgIpc) is 2.54. The summed E-state index contributed by atoms with van der Waals surface area (Å²) in [7, 11) is 0. The monoisotopic (exact) mass is 341 g/mol. The average molecular weight is 342 g/mol. The van der Waals surface area contributed by atoms with E-state index in [2.05, 4.69) is 20.4 Å². The van der Waals surface area contributed by atoms with Gasteiger partial charge in [-0.05, 0) is 32.1 Å². The molecule has 142 valence electrons. The van der Waals surface area contributed by atoms with E-state index in [1.54, 1.807) is 6.92 Å². The molecule has 0 aromatic carbocycles. The van der Waals surface area contributed by atoms with Crippen LogP contribution in [0.1, 0.15) is 72.1 Å². The maximum atomic E-state index is 11.3. The van der Waals surface area contributed by atoms with Crippen LogP contribution in [0.15, 0.2) is 12.7 Å². The van der Waals surface area contributed by atoms with Gasteiger partial charge in [-0.3, -0.25) is 0 Å². The number of hydrogen-bond acceptors (Lipinski definition) is 3. The minimum absolute atomic E-state index is 0.363. The molecule has 0 aliphatic heterocycles. The van der Waals surface area contributed by atoms with Gasteiger partial charge in [-0.1, -0.05) is 46.1 Å². The summed E-state index contributed by atoms with van der Waals surface area (Å²) < 4.78 is 0.708. The number of carboxylic acid groups (broad SMARTS) is 1. The molecule has 0 amide bonds. The Labute approximate surface area is 149 Å². The lowest BCUT2D eigenvalue weighted by Crippen LogP contribution is -2.57.